The van der Waals surface area contributed by atoms with E-state index in [0.717, 1.165) is 6.07 Å². The molecule has 0 radical (unpaired) electrons. The van der Waals surface area contributed by atoms with Crippen LogP contribution in [0.5, 0.6) is 0 Å². The van der Waals surface area contributed by atoms with Crippen LogP contribution in [0.3, 0.4) is 0 Å². The number of benzene rings is 1. The predicted molar refractivity (Wildman–Crippen MR) is 76.3 cm³/mol. The number of fused-ring (bicyclic) bond motifs is 1. The van der Waals surface area contributed by atoms with Crippen molar-refractivity contribution in [1.82, 2.24) is 4.98 Å². The summed E-state index contributed by atoms with van der Waals surface area (Å²) in [4.78, 5) is 15.7. The molecule has 0 saturated carbocycles. The fraction of sp³-hybridized carbons (Fsp3) is 0.333. The molecule has 6 heteroatoms. The molecule has 0 aliphatic carbocycles. The van der Waals surface area contributed by atoms with Crippen molar-refractivity contribution in [2.75, 3.05) is 5.32 Å². The second-order valence-corrected chi connectivity index (χ2v) is 5.68. The van der Waals surface area contributed by atoms with Crippen LogP contribution < -0.4 is 5.32 Å². The first-order valence-electron chi connectivity index (χ1n) is 6.43. The molecule has 1 heterocycles. The van der Waals surface area contributed by atoms with E-state index >= 15 is 0 Å². The highest BCUT2D eigenvalue weighted by Crippen LogP contribution is 2.24. The highest BCUT2D eigenvalue weighted by Gasteiger charge is 2.18. The molecule has 0 fully saturated rings. The van der Waals surface area contributed by atoms with Crippen molar-refractivity contribution in [3.8, 4) is 0 Å². The van der Waals surface area contributed by atoms with Crippen LogP contribution >= 0.6 is 0 Å². The SMILES string of the molecule is Cc1nc2c(F)c(F)ccc2cc1NC(=O)OC(C)(C)C. The number of anilines is 1. The van der Waals surface area contributed by atoms with Crippen LogP contribution in [0.2, 0.25) is 0 Å². The number of carbonyl (C=O) groups excluding carboxylic acids is 1. The average molecular weight is 294 g/mol. The van der Waals surface area contributed by atoms with Crippen molar-refractivity contribution >= 4 is 22.7 Å². The van der Waals surface area contributed by atoms with Crippen molar-refractivity contribution in [3.05, 3.63) is 35.5 Å². The lowest BCUT2D eigenvalue weighted by atomic mass is 10.1. The Morgan fingerprint density at radius 2 is 1.95 bits per heavy atom. The van der Waals surface area contributed by atoms with Crippen molar-refractivity contribution in [2.24, 2.45) is 0 Å². The van der Waals surface area contributed by atoms with E-state index in [4.69, 9.17) is 4.74 Å². The summed E-state index contributed by atoms with van der Waals surface area (Å²) < 4.78 is 32.0. The highest BCUT2D eigenvalue weighted by molar-refractivity contribution is 5.90. The third-order valence-electron chi connectivity index (χ3n) is 2.70. The Labute approximate surface area is 121 Å². The van der Waals surface area contributed by atoms with Crippen molar-refractivity contribution in [3.63, 3.8) is 0 Å². The monoisotopic (exact) mass is 294 g/mol. The zero-order valence-electron chi connectivity index (χ0n) is 12.3. The molecule has 0 aliphatic rings. The first kappa shape index (κ1) is 15.2. The summed E-state index contributed by atoms with van der Waals surface area (Å²) in [5, 5.41) is 2.95. The summed E-state index contributed by atoms with van der Waals surface area (Å²) in [7, 11) is 0. The Balaban J connectivity index is 2.36. The molecule has 0 unspecified atom stereocenters. The maximum absolute atomic E-state index is 13.6. The van der Waals surface area contributed by atoms with Gasteiger partial charge in [0.1, 0.15) is 11.1 Å². The smallest absolute Gasteiger partial charge is 0.412 e. The van der Waals surface area contributed by atoms with Gasteiger partial charge >= 0.3 is 6.09 Å². The fourth-order valence-corrected chi connectivity index (χ4v) is 1.81. The first-order chi connectivity index (χ1) is 9.67. The largest absolute Gasteiger partial charge is 0.444 e. The molecule has 2 rings (SSSR count). The molecule has 0 saturated heterocycles. The van der Waals surface area contributed by atoms with Gasteiger partial charge in [0, 0.05) is 5.39 Å². The summed E-state index contributed by atoms with van der Waals surface area (Å²) in [6.07, 6.45) is -0.630. The van der Waals surface area contributed by atoms with Gasteiger partial charge < -0.3 is 4.74 Å². The third kappa shape index (κ3) is 3.45. The number of nitrogens with zero attached hydrogens (tertiary/aromatic N) is 1. The molecule has 1 N–H and O–H groups in total. The molecule has 1 amide bonds. The maximum Gasteiger partial charge on any atom is 0.412 e. The van der Waals surface area contributed by atoms with Crippen LogP contribution in [0, 0.1) is 18.6 Å². The van der Waals surface area contributed by atoms with E-state index in [1.54, 1.807) is 27.7 Å². The van der Waals surface area contributed by atoms with Gasteiger partial charge in [-0.2, -0.15) is 0 Å². The van der Waals surface area contributed by atoms with Crippen LogP contribution in [0.4, 0.5) is 19.3 Å². The molecule has 0 atom stereocenters. The summed E-state index contributed by atoms with van der Waals surface area (Å²) in [5.74, 6) is -1.96. The van der Waals surface area contributed by atoms with E-state index in [-0.39, 0.29) is 5.52 Å². The predicted octanol–water partition coefficient (Wildman–Crippen LogP) is 4.17. The normalized spacial score (nSPS) is 11.5. The van der Waals surface area contributed by atoms with Crippen LogP contribution in [-0.2, 0) is 4.74 Å². The van der Waals surface area contributed by atoms with Gasteiger partial charge in [-0.25, -0.2) is 18.6 Å². The quantitative estimate of drug-likeness (QED) is 0.858. The molecule has 0 bridgehead atoms. The molecule has 112 valence electrons. The van der Waals surface area contributed by atoms with Gasteiger partial charge in [-0.15, -0.1) is 0 Å². The number of carbonyl (C=O) groups is 1. The van der Waals surface area contributed by atoms with E-state index in [2.05, 4.69) is 10.3 Å². The number of aromatic nitrogens is 1. The topological polar surface area (TPSA) is 51.2 Å². The van der Waals surface area contributed by atoms with Crippen LogP contribution in [0.1, 0.15) is 26.5 Å². The van der Waals surface area contributed by atoms with E-state index in [1.807, 2.05) is 0 Å². The Morgan fingerprint density at radius 1 is 1.29 bits per heavy atom. The van der Waals surface area contributed by atoms with Gasteiger partial charge in [-0.05, 0) is 45.9 Å². The molecule has 1 aromatic heterocycles. The number of pyridine rings is 1. The van der Waals surface area contributed by atoms with Gasteiger partial charge in [-0.1, -0.05) is 0 Å². The Hall–Kier alpha value is -2.24. The number of halogens is 2. The highest BCUT2D eigenvalue weighted by atomic mass is 19.2. The van der Waals surface area contributed by atoms with Crippen LogP contribution in [0.15, 0.2) is 18.2 Å². The second kappa shape index (κ2) is 5.27. The van der Waals surface area contributed by atoms with E-state index in [0.29, 0.717) is 16.8 Å². The van der Waals surface area contributed by atoms with E-state index in [9.17, 15) is 13.6 Å². The third-order valence-corrected chi connectivity index (χ3v) is 2.70. The number of rotatable bonds is 1. The molecule has 21 heavy (non-hydrogen) atoms. The number of aryl methyl sites for hydroxylation is 1. The van der Waals surface area contributed by atoms with Gasteiger partial charge in [0.25, 0.3) is 0 Å². The Bertz CT molecular complexity index is 709. The molecule has 1 aromatic carbocycles. The summed E-state index contributed by atoms with van der Waals surface area (Å²) in [5.41, 5.74) is 0.0696. The summed E-state index contributed by atoms with van der Waals surface area (Å²) in [6, 6.07) is 3.95. The first-order valence-corrected chi connectivity index (χ1v) is 6.43. The minimum atomic E-state index is -1.00. The molecule has 0 spiro atoms. The number of hydrogen-bond acceptors (Lipinski definition) is 3. The minimum Gasteiger partial charge on any atom is -0.444 e. The molecular weight excluding hydrogens is 278 g/mol. The second-order valence-electron chi connectivity index (χ2n) is 5.68. The van der Waals surface area contributed by atoms with Gasteiger partial charge in [0.2, 0.25) is 0 Å². The van der Waals surface area contributed by atoms with Crippen molar-refractivity contribution in [1.29, 1.82) is 0 Å². The number of nitrogens with one attached hydrogen (secondary N) is 1. The number of ether oxygens (including phenoxy) is 1. The molecule has 4 nitrogen and oxygen atoms in total. The zero-order chi connectivity index (χ0) is 15.8. The maximum atomic E-state index is 13.6. The summed E-state index contributed by atoms with van der Waals surface area (Å²) >= 11 is 0. The lowest BCUT2D eigenvalue weighted by Crippen LogP contribution is -2.27. The molecular formula is C15H16F2N2O2. The van der Waals surface area contributed by atoms with Gasteiger partial charge in [0.05, 0.1) is 11.4 Å². The van der Waals surface area contributed by atoms with Crippen molar-refractivity contribution < 1.29 is 18.3 Å². The zero-order valence-corrected chi connectivity index (χ0v) is 12.3. The lowest BCUT2D eigenvalue weighted by molar-refractivity contribution is 0.0636. The van der Waals surface area contributed by atoms with E-state index < -0.39 is 23.3 Å². The van der Waals surface area contributed by atoms with Gasteiger partial charge in [0.15, 0.2) is 11.6 Å². The van der Waals surface area contributed by atoms with E-state index in [1.165, 1.54) is 12.1 Å². The number of amides is 1. The fourth-order valence-electron chi connectivity index (χ4n) is 1.81. The van der Waals surface area contributed by atoms with Crippen molar-refractivity contribution in [2.45, 2.75) is 33.3 Å². The van der Waals surface area contributed by atoms with Gasteiger partial charge in [-0.3, -0.25) is 5.32 Å². The molecule has 0 aliphatic heterocycles. The van der Waals surface area contributed by atoms with Crippen LogP contribution in [-0.4, -0.2) is 16.7 Å². The Kier molecular flexibility index (Phi) is 3.80. The summed E-state index contributed by atoms with van der Waals surface area (Å²) in [6.45, 7) is 6.83. The number of hydrogen-bond donors (Lipinski definition) is 1. The average Bonchev–Trinajstić information content (AvgIpc) is 2.34. The Morgan fingerprint density at radius 3 is 2.57 bits per heavy atom. The lowest BCUT2D eigenvalue weighted by Gasteiger charge is -2.20. The standard InChI is InChI=1S/C15H16F2N2O2/c1-8-11(19-14(20)21-15(2,3)4)7-9-5-6-10(16)12(17)13(9)18-8/h5-7H,1-4H3,(H,19,20). The molecule has 2 aromatic rings. The minimum absolute atomic E-state index is 0.0674. The van der Waals surface area contributed by atoms with Crippen LogP contribution in [0.25, 0.3) is 10.9 Å².